The lowest BCUT2D eigenvalue weighted by molar-refractivity contribution is -0.140. The first-order chi connectivity index (χ1) is 7.88. The van der Waals surface area contributed by atoms with Gasteiger partial charge in [0.2, 0.25) is 0 Å². The predicted octanol–water partition coefficient (Wildman–Crippen LogP) is 4.72. The maximum Gasteiger partial charge on any atom is 0.419 e. The highest BCUT2D eigenvalue weighted by Crippen LogP contribution is 2.39. The summed E-state index contributed by atoms with van der Waals surface area (Å²) in [6, 6.07) is 3.22. The van der Waals surface area contributed by atoms with Gasteiger partial charge in [-0.1, -0.05) is 6.07 Å². The topological polar surface area (TPSA) is 0 Å². The van der Waals surface area contributed by atoms with Crippen LogP contribution >= 0.6 is 11.6 Å². The summed E-state index contributed by atoms with van der Waals surface area (Å²) in [7, 11) is 0. The van der Waals surface area contributed by atoms with E-state index in [1.165, 1.54) is 6.07 Å². The van der Waals surface area contributed by atoms with Crippen molar-refractivity contribution in [1.29, 1.82) is 0 Å². The summed E-state index contributed by atoms with van der Waals surface area (Å²) in [5.74, 6) is -1.21. The third-order valence-corrected chi connectivity index (χ3v) is 3.53. The lowest BCUT2D eigenvalue weighted by Crippen LogP contribution is -2.09. The van der Waals surface area contributed by atoms with Crippen molar-refractivity contribution >= 4 is 11.6 Å². The monoisotopic (exact) mass is 266 g/mol. The Morgan fingerprint density at radius 2 is 1.88 bits per heavy atom. The van der Waals surface area contributed by atoms with Crippen LogP contribution in [-0.2, 0) is 6.18 Å². The van der Waals surface area contributed by atoms with E-state index in [0.29, 0.717) is 12.0 Å². The molecule has 0 spiro atoms. The van der Waals surface area contributed by atoms with Crippen molar-refractivity contribution in [3.8, 4) is 0 Å². The number of benzene rings is 1. The number of halogens is 5. The lowest BCUT2D eigenvalue weighted by atomic mass is 9.95. The molecular formula is C12H11ClF4. The van der Waals surface area contributed by atoms with Crippen LogP contribution in [0.2, 0.25) is 0 Å². The van der Waals surface area contributed by atoms with E-state index in [4.69, 9.17) is 11.6 Å². The van der Waals surface area contributed by atoms with Crippen molar-refractivity contribution in [2.24, 2.45) is 0 Å². The molecule has 5 heteroatoms. The molecule has 0 aromatic heterocycles. The van der Waals surface area contributed by atoms with E-state index < -0.39 is 17.6 Å². The molecular weight excluding hydrogens is 256 g/mol. The van der Waals surface area contributed by atoms with Crippen molar-refractivity contribution in [1.82, 2.24) is 0 Å². The second-order valence-electron chi connectivity index (χ2n) is 4.34. The minimum absolute atomic E-state index is 0.0131. The van der Waals surface area contributed by atoms with Crippen molar-refractivity contribution in [2.75, 3.05) is 0 Å². The van der Waals surface area contributed by atoms with Gasteiger partial charge in [-0.3, -0.25) is 0 Å². The highest BCUT2D eigenvalue weighted by Gasteiger charge is 2.35. The van der Waals surface area contributed by atoms with Gasteiger partial charge in [-0.25, -0.2) is 4.39 Å². The smallest absolute Gasteiger partial charge is 0.206 e. The number of hydrogen-bond acceptors (Lipinski definition) is 0. The summed E-state index contributed by atoms with van der Waals surface area (Å²) in [4.78, 5) is 0. The molecule has 0 amide bonds. The fourth-order valence-corrected chi connectivity index (χ4v) is 2.58. The molecule has 0 N–H and O–H groups in total. The van der Waals surface area contributed by atoms with E-state index in [9.17, 15) is 17.6 Å². The zero-order chi connectivity index (χ0) is 12.6. The third-order valence-electron chi connectivity index (χ3n) is 3.14. The Labute approximate surface area is 102 Å². The van der Waals surface area contributed by atoms with Crippen LogP contribution in [0.25, 0.3) is 0 Å². The van der Waals surface area contributed by atoms with Crippen molar-refractivity contribution < 1.29 is 17.6 Å². The van der Waals surface area contributed by atoms with Crippen molar-refractivity contribution in [3.05, 3.63) is 35.1 Å². The second kappa shape index (κ2) is 4.48. The van der Waals surface area contributed by atoms with Crippen LogP contribution in [0.3, 0.4) is 0 Å². The molecule has 1 aromatic rings. The van der Waals surface area contributed by atoms with E-state index in [1.54, 1.807) is 0 Å². The molecule has 0 nitrogen and oxygen atoms in total. The molecule has 0 bridgehead atoms. The molecule has 17 heavy (non-hydrogen) atoms. The van der Waals surface area contributed by atoms with E-state index in [2.05, 4.69) is 0 Å². The predicted molar refractivity (Wildman–Crippen MR) is 57.6 cm³/mol. The van der Waals surface area contributed by atoms with E-state index in [0.717, 1.165) is 25.0 Å². The van der Waals surface area contributed by atoms with Gasteiger partial charge in [0.05, 0.1) is 5.56 Å². The molecule has 94 valence electrons. The highest BCUT2D eigenvalue weighted by molar-refractivity contribution is 6.20. The molecule has 1 aromatic carbocycles. The third kappa shape index (κ3) is 2.73. The molecule has 2 rings (SSSR count). The summed E-state index contributed by atoms with van der Waals surface area (Å²) in [6.45, 7) is 0. The molecule has 0 radical (unpaired) electrons. The summed E-state index contributed by atoms with van der Waals surface area (Å²) in [6.07, 6.45) is -2.43. The fourth-order valence-electron chi connectivity index (χ4n) is 2.24. The van der Waals surface area contributed by atoms with E-state index >= 15 is 0 Å². The summed E-state index contributed by atoms with van der Waals surface area (Å²) in [5.41, 5.74) is -0.658. The van der Waals surface area contributed by atoms with Gasteiger partial charge in [-0.15, -0.1) is 11.6 Å². The molecule has 1 fully saturated rings. The Morgan fingerprint density at radius 1 is 1.18 bits per heavy atom. The second-order valence-corrected chi connectivity index (χ2v) is 4.96. The largest absolute Gasteiger partial charge is 0.419 e. The minimum atomic E-state index is -4.64. The Morgan fingerprint density at radius 3 is 2.41 bits per heavy atom. The van der Waals surface area contributed by atoms with E-state index in [1.807, 2.05) is 0 Å². The molecule has 0 heterocycles. The Hall–Kier alpha value is -0.770. The summed E-state index contributed by atoms with van der Waals surface area (Å²) in [5, 5.41) is 0.0133. The number of rotatable bonds is 1. The van der Waals surface area contributed by atoms with Gasteiger partial charge in [-0.2, -0.15) is 13.2 Å². The van der Waals surface area contributed by atoms with Crippen molar-refractivity contribution in [2.45, 2.75) is 36.7 Å². The molecule has 1 saturated carbocycles. The van der Waals surface area contributed by atoms with Crippen LogP contribution in [0.15, 0.2) is 18.2 Å². The van der Waals surface area contributed by atoms with E-state index in [-0.39, 0.29) is 11.3 Å². The fraction of sp³-hybridized carbons (Fsp3) is 0.500. The van der Waals surface area contributed by atoms with Gasteiger partial charge in [-0.05, 0) is 42.9 Å². The molecule has 1 aliphatic rings. The molecule has 1 aliphatic carbocycles. The summed E-state index contributed by atoms with van der Waals surface area (Å²) >= 11 is 5.92. The molecule has 0 saturated heterocycles. The molecule has 2 atom stereocenters. The molecule has 0 aliphatic heterocycles. The quantitative estimate of drug-likeness (QED) is 0.510. The first-order valence-electron chi connectivity index (χ1n) is 5.38. The van der Waals surface area contributed by atoms with Crippen LogP contribution < -0.4 is 0 Å². The lowest BCUT2D eigenvalue weighted by Gasteiger charge is -2.14. The van der Waals surface area contributed by atoms with Crippen LogP contribution in [-0.4, -0.2) is 5.38 Å². The van der Waals surface area contributed by atoms with Gasteiger partial charge < -0.3 is 0 Å². The van der Waals surface area contributed by atoms with Gasteiger partial charge in [0.15, 0.2) is 0 Å². The first-order valence-corrected chi connectivity index (χ1v) is 5.82. The number of alkyl halides is 4. The van der Waals surface area contributed by atoms with Crippen LogP contribution in [0.4, 0.5) is 17.6 Å². The van der Waals surface area contributed by atoms with Crippen LogP contribution in [0, 0.1) is 5.82 Å². The average Bonchev–Trinajstić information content (AvgIpc) is 2.64. The molecule has 2 unspecified atom stereocenters. The maximum atomic E-state index is 13.1. The highest BCUT2D eigenvalue weighted by atomic mass is 35.5. The van der Waals surface area contributed by atoms with Gasteiger partial charge in [0, 0.05) is 5.38 Å². The zero-order valence-corrected chi connectivity index (χ0v) is 9.65. The van der Waals surface area contributed by atoms with Crippen molar-refractivity contribution in [3.63, 3.8) is 0 Å². The maximum absolute atomic E-state index is 13.1. The summed E-state index contributed by atoms with van der Waals surface area (Å²) < 4.78 is 50.7. The van der Waals surface area contributed by atoms with Gasteiger partial charge in [0.25, 0.3) is 0 Å². The van der Waals surface area contributed by atoms with Gasteiger partial charge in [0.1, 0.15) is 5.82 Å². The van der Waals surface area contributed by atoms with Gasteiger partial charge >= 0.3 is 6.18 Å². The first kappa shape index (κ1) is 12.7. The standard InChI is InChI=1S/C12H11ClF4/c13-9-3-1-7(5-9)8-2-4-11(14)10(6-8)12(15,16)17/h2,4,6-7,9H,1,3,5H2. The normalized spacial score (nSPS) is 25.2. The zero-order valence-electron chi connectivity index (χ0n) is 8.90. The Kier molecular flexibility index (Phi) is 3.34. The minimum Gasteiger partial charge on any atom is -0.206 e. The average molecular weight is 267 g/mol. The van der Waals surface area contributed by atoms with Crippen LogP contribution in [0.5, 0.6) is 0 Å². The Balaban J connectivity index is 2.31. The number of hydrogen-bond donors (Lipinski definition) is 0. The van der Waals surface area contributed by atoms with Crippen LogP contribution in [0.1, 0.15) is 36.3 Å². The Bertz CT molecular complexity index is 413. The SMILES string of the molecule is Fc1ccc(C2CCC(Cl)C2)cc1C(F)(F)F.